The molecule has 0 aromatic carbocycles. The number of aryl methyl sites for hydroxylation is 1. The minimum absolute atomic E-state index is 0.0117. The van der Waals surface area contributed by atoms with Crippen molar-refractivity contribution in [2.45, 2.75) is 45.1 Å². The molecule has 1 aliphatic carbocycles. The first-order valence-corrected chi connectivity index (χ1v) is 7.93. The summed E-state index contributed by atoms with van der Waals surface area (Å²) < 4.78 is 1.37. The van der Waals surface area contributed by atoms with E-state index < -0.39 is 11.9 Å². The first kappa shape index (κ1) is 14.7. The van der Waals surface area contributed by atoms with Gasteiger partial charge < -0.3 is 5.11 Å². The molecule has 0 saturated heterocycles. The summed E-state index contributed by atoms with van der Waals surface area (Å²) in [6, 6.07) is 1.99. The third-order valence-corrected chi connectivity index (χ3v) is 5.17. The fourth-order valence-corrected chi connectivity index (χ4v) is 4.30. The van der Waals surface area contributed by atoms with Crippen LogP contribution in [0.5, 0.6) is 0 Å². The van der Waals surface area contributed by atoms with Crippen LogP contribution >= 0.6 is 11.3 Å². The normalized spacial score (nSPS) is 16.9. The van der Waals surface area contributed by atoms with Gasteiger partial charge in [-0.05, 0) is 18.4 Å². The summed E-state index contributed by atoms with van der Waals surface area (Å²) in [4.78, 5) is 30.3. The van der Waals surface area contributed by atoms with Gasteiger partial charge in [-0.15, -0.1) is 11.3 Å². The van der Waals surface area contributed by atoms with Crippen molar-refractivity contribution >= 4 is 27.5 Å². The van der Waals surface area contributed by atoms with Crippen LogP contribution in [0.3, 0.4) is 0 Å². The molecule has 0 fully saturated rings. The Kier molecular flexibility index (Phi) is 3.49. The molecule has 1 atom stereocenters. The van der Waals surface area contributed by atoms with E-state index in [1.165, 1.54) is 15.9 Å². The Morgan fingerprint density at radius 1 is 1.59 bits per heavy atom. The largest absolute Gasteiger partial charge is 0.481 e. The highest BCUT2D eigenvalue weighted by atomic mass is 32.1. The minimum Gasteiger partial charge on any atom is -0.481 e. The maximum absolute atomic E-state index is 12.8. The molecule has 7 heteroatoms. The zero-order chi connectivity index (χ0) is 16.0. The van der Waals surface area contributed by atoms with Crippen molar-refractivity contribution in [2.75, 3.05) is 0 Å². The van der Waals surface area contributed by atoms with E-state index in [0.717, 1.165) is 4.88 Å². The quantitative estimate of drug-likeness (QED) is 0.936. The Bertz CT molecular complexity index is 873. The maximum atomic E-state index is 12.8. The van der Waals surface area contributed by atoms with E-state index in [2.05, 4.69) is 4.98 Å². The molecule has 2 aromatic rings. The van der Waals surface area contributed by atoms with Crippen LogP contribution < -0.4 is 5.56 Å². The number of nitrogens with zero attached hydrogens (tertiary/aromatic N) is 3. The van der Waals surface area contributed by atoms with E-state index in [1.807, 2.05) is 19.9 Å². The van der Waals surface area contributed by atoms with Crippen LogP contribution in [0.15, 0.2) is 4.79 Å². The number of aliphatic carboxylic acids is 1. The Balaban J connectivity index is 2.37. The van der Waals surface area contributed by atoms with Gasteiger partial charge in [-0.25, -0.2) is 4.98 Å². The molecule has 0 saturated carbocycles. The highest BCUT2D eigenvalue weighted by Crippen LogP contribution is 2.42. The van der Waals surface area contributed by atoms with E-state index in [4.69, 9.17) is 5.26 Å². The van der Waals surface area contributed by atoms with Crippen LogP contribution in [-0.4, -0.2) is 20.6 Å². The van der Waals surface area contributed by atoms with E-state index >= 15 is 0 Å². The maximum Gasteiger partial charge on any atom is 0.311 e. The summed E-state index contributed by atoms with van der Waals surface area (Å²) in [6.07, 6.45) is 1.19. The van der Waals surface area contributed by atoms with Crippen molar-refractivity contribution in [3.05, 3.63) is 26.6 Å². The minimum atomic E-state index is -0.905. The zero-order valence-electron chi connectivity index (χ0n) is 12.3. The van der Waals surface area contributed by atoms with Crippen molar-refractivity contribution in [3.63, 3.8) is 0 Å². The lowest BCUT2D eigenvalue weighted by Crippen LogP contribution is -2.26. The number of thiophene rings is 1. The van der Waals surface area contributed by atoms with Crippen molar-refractivity contribution < 1.29 is 9.90 Å². The van der Waals surface area contributed by atoms with Gasteiger partial charge in [0.2, 0.25) is 0 Å². The predicted octanol–water partition coefficient (Wildman–Crippen LogP) is 2.22. The highest BCUT2D eigenvalue weighted by molar-refractivity contribution is 7.18. The van der Waals surface area contributed by atoms with Gasteiger partial charge >= 0.3 is 5.97 Å². The second kappa shape index (κ2) is 5.21. The average molecular weight is 317 g/mol. The van der Waals surface area contributed by atoms with Crippen LogP contribution in [-0.2, 0) is 17.8 Å². The summed E-state index contributed by atoms with van der Waals surface area (Å²) in [6.45, 7) is 3.77. The molecule has 1 aliphatic rings. The van der Waals surface area contributed by atoms with Gasteiger partial charge in [-0.3, -0.25) is 14.2 Å². The third kappa shape index (κ3) is 2.03. The summed E-state index contributed by atoms with van der Waals surface area (Å²) in [5.41, 5.74) is 0.327. The molecule has 0 spiro atoms. The summed E-state index contributed by atoms with van der Waals surface area (Å²) >= 11 is 1.41. The van der Waals surface area contributed by atoms with E-state index in [0.29, 0.717) is 34.4 Å². The van der Waals surface area contributed by atoms with E-state index in [1.54, 1.807) is 0 Å². The molecule has 0 aliphatic heterocycles. The number of nitriles is 1. The number of aromatic nitrogens is 2. The van der Waals surface area contributed by atoms with Gasteiger partial charge in [0.15, 0.2) is 0 Å². The molecule has 0 amide bonds. The standard InChI is InChI=1S/C15H15N3O3S/c1-7(2)12-17-13-11(14(19)18(12)6-5-16)10-8(15(20)21)3-4-9(10)22-13/h7-8H,3-4,6H2,1-2H3,(H,20,21). The molecule has 114 valence electrons. The lowest BCUT2D eigenvalue weighted by Gasteiger charge is -2.13. The van der Waals surface area contributed by atoms with Gasteiger partial charge in [0, 0.05) is 10.8 Å². The molecule has 6 nitrogen and oxygen atoms in total. The molecular formula is C15H15N3O3S. The van der Waals surface area contributed by atoms with Gasteiger partial charge in [0.1, 0.15) is 17.2 Å². The molecule has 3 rings (SSSR count). The molecule has 2 heterocycles. The SMILES string of the molecule is CC(C)c1nc2sc3c(c2c(=O)n1CC#N)C(C(=O)O)CC3. The predicted molar refractivity (Wildman–Crippen MR) is 82.3 cm³/mol. The fourth-order valence-electron chi connectivity index (χ4n) is 3.05. The lowest BCUT2D eigenvalue weighted by molar-refractivity contribution is -0.138. The Labute approximate surface area is 130 Å². The monoisotopic (exact) mass is 317 g/mol. The molecular weight excluding hydrogens is 302 g/mol. The molecule has 0 bridgehead atoms. The first-order chi connectivity index (χ1) is 10.5. The summed E-state index contributed by atoms with van der Waals surface area (Å²) in [7, 11) is 0. The summed E-state index contributed by atoms with van der Waals surface area (Å²) in [5, 5.41) is 18.7. The number of carboxylic acids is 1. The zero-order valence-corrected chi connectivity index (χ0v) is 13.1. The second-order valence-corrected chi connectivity index (χ2v) is 6.81. The van der Waals surface area contributed by atoms with Crippen LogP contribution in [0.25, 0.3) is 10.2 Å². The topological polar surface area (TPSA) is 96.0 Å². The van der Waals surface area contributed by atoms with Crippen LogP contribution in [0.2, 0.25) is 0 Å². The van der Waals surface area contributed by atoms with Crippen LogP contribution in [0, 0.1) is 11.3 Å². The Hall–Kier alpha value is -2.20. The van der Waals surface area contributed by atoms with E-state index in [-0.39, 0.29) is 18.0 Å². The molecule has 0 radical (unpaired) electrons. The Morgan fingerprint density at radius 2 is 2.32 bits per heavy atom. The average Bonchev–Trinajstić information content (AvgIpc) is 2.99. The van der Waals surface area contributed by atoms with Crippen molar-refractivity contribution in [1.82, 2.24) is 9.55 Å². The summed E-state index contributed by atoms with van der Waals surface area (Å²) in [5.74, 6) is -0.959. The molecule has 22 heavy (non-hydrogen) atoms. The first-order valence-electron chi connectivity index (χ1n) is 7.11. The number of carbonyl (C=O) groups is 1. The van der Waals surface area contributed by atoms with Gasteiger partial charge in [0.25, 0.3) is 5.56 Å². The number of carboxylic acid groups (broad SMARTS) is 1. The van der Waals surface area contributed by atoms with Gasteiger partial charge in [0.05, 0.1) is 17.4 Å². The van der Waals surface area contributed by atoms with Crippen molar-refractivity contribution in [1.29, 1.82) is 5.26 Å². The lowest BCUT2D eigenvalue weighted by atomic mass is 10.0. The number of rotatable bonds is 3. The molecule has 2 aromatic heterocycles. The van der Waals surface area contributed by atoms with Crippen LogP contribution in [0.4, 0.5) is 0 Å². The number of hydrogen-bond donors (Lipinski definition) is 1. The second-order valence-electron chi connectivity index (χ2n) is 5.72. The number of fused-ring (bicyclic) bond motifs is 3. The van der Waals surface area contributed by atoms with Gasteiger partial charge in [-0.1, -0.05) is 13.8 Å². The molecule has 1 N–H and O–H groups in total. The Morgan fingerprint density at radius 3 is 2.91 bits per heavy atom. The van der Waals surface area contributed by atoms with Crippen molar-refractivity contribution in [2.24, 2.45) is 0 Å². The smallest absolute Gasteiger partial charge is 0.311 e. The fraction of sp³-hybridized carbons (Fsp3) is 0.467. The van der Waals surface area contributed by atoms with Crippen LogP contribution in [0.1, 0.15) is 48.4 Å². The van der Waals surface area contributed by atoms with E-state index in [9.17, 15) is 14.7 Å². The van der Waals surface area contributed by atoms with Gasteiger partial charge in [-0.2, -0.15) is 5.26 Å². The molecule has 1 unspecified atom stereocenters. The van der Waals surface area contributed by atoms with Crippen molar-refractivity contribution in [3.8, 4) is 6.07 Å². The number of hydrogen-bond acceptors (Lipinski definition) is 5. The highest BCUT2D eigenvalue weighted by Gasteiger charge is 2.34. The third-order valence-electron chi connectivity index (χ3n) is 4.01.